The van der Waals surface area contributed by atoms with Crippen LogP contribution in [0.15, 0.2) is 54.9 Å². The zero-order valence-electron chi connectivity index (χ0n) is 39.9. The van der Waals surface area contributed by atoms with Gasteiger partial charge in [-0.2, -0.15) is 0 Å². The number of aromatic nitrogens is 2. The molecule has 15 heteroatoms. The van der Waals surface area contributed by atoms with Crippen molar-refractivity contribution in [2.75, 3.05) is 53.6 Å². The van der Waals surface area contributed by atoms with Crippen molar-refractivity contribution in [3.63, 3.8) is 0 Å². The number of phenols is 1. The number of aliphatic hydroxyl groups excluding tert-OH is 1. The van der Waals surface area contributed by atoms with Crippen LogP contribution < -0.4 is 10.7 Å². The molecule has 2 fully saturated rings. The summed E-state index contributed by atoms with van der Waals surface area (Å²) in [6.07, 6.45) is 6.17. The van der Waals surface area contributed by atoms with Crippen LogP contribution in [0.3, 0.4) is 0 Å². The van der Waals surface area contributed by atoms with Crippen LogP contribution in [0.1, 0.15) is 77.5 Å². The lowest BCUT2D eigenvalue weighted by molar-refractivity contribution is -0.148. The second-order valence-electron chi connectivity index (χ2n) is 20.0. The number of pyridine rings is 1. The number of aromatic hydroxyl groups is 1. The van der Waals surface area contributed by atoms with Gasteiger partial charge in [-0.25, -0.2) is 5.43 Å². The number of ether oxygens (including phenoxy) is 2. The highest BCUT2D eigenvalue weighted by atomic mass is 16.5. The lowest BCUT2D eigenvalue weighted by atomic mass is 9.84. The molecule has 4 aromatic rings. The molecule has 0 aliphatic carbocycles. The number of methoxy groups -OCH3 is 1. The van der Waals surface area contributed by atoms with Gasteiger partial charge in [0.15, 0.2) is 0 Å². The molecule has 3 aliphatic heterocycles. The monoisotopic (exact) mass is 908 g/mol. The molecular formula is C51H69N7O8. The van der Waals surface area contributed by atoms with Gasteiger partial charge in [-0.1, -0.05) is 39.8 Å². The van der Waals surface area contributed by atoms with Gasteiger partial charge in [0.05, 0.1) is 37.5 Å². The third-order valence-corrected chi connectivity index (χ3v) is 13.5. The number of aldehydes is 1. The molecule has 356 valence electrons. The van der Waals surface area contributed by atoms with Crippen LogP contribution in [0, 0.1) is 17.3 Å². The fourth-order valence-corrected chi connectivity index (χ4v) is 10.5. The number of carbonyl (C=O) groups is 4. The minimum absolute atomic E-state index is 0.00192. The van der Waals surface area contributed by atoms with Gasteiger partial charge in [0.25, 0.3) is 5.91 Å². The predicted octanol–water partition coefficient (Wildman–Crippen LogP) is 5.12. The van der Waals surface area contributed by atoms with E-state index in [1.54, 1.807) is 39.4 Å². The summed E-state index contributed by atoms with van der Waals surface area (Å²) in [6.45, 7) is 15.2. The molecule has 0 unspecified atom stereocenters. The molecule has 2 saturated heterocycles. The number of hydrogen-bond acceptors (Lipinski definition) is 11. The van der Waals surface area contributed by atoms with Crippen molar-refractivity contribution in [2.45, 2.75) is 111 Å². The van der Waals surface area contributed by atoms with Crippen molar-refractivity contribution in [1.29, 1.82) is 0 Å². The number of aliphatic hydroxyl groups is 1. The van der Waals surface area contributed by atoms with Crippen molar-refractivity contribution in [1.82, 2.24) is 35.1 Å². The average molecular weight is 908 g/mol. The predicted molar refractivity (Wildman–Crippen MR) is 253 cm³/mol. The van der Waals surface area contributed by atoms with Gasteiger partial charge < -0.3 is 39.3 Å². The van der Waals surface area contributed by atoms with E-state index in [1.807, 2.05) is 38.2 Å². The van der Waals surface area contributed by atoms with Gasteiger partial charge in [-0.15, -0.1) is 0 Å². The first-order valence-electron chi connectivity index (χ1n) is 23.5. The summed E-state index contributed by atoms with van der Waals surface area (Å²) >= 11 is 0. The highest BCUT2D eigenvalue weighted by Gasteiger charge is 2.42. The second kappa shape index (κ2) is 20.4. The van der Waals surface area contributed by atoms with E-state index in [-0.39, 0.29) is 43.1 Å². The Kier molecular flexibility index (Phi) is 15.0. The Hall–Kier alpha value is -5.19. The topological polar surface area (TPSA) is 179 Å². The number of carbonyl (C=O) groups excluding carboxylic acids is 4. The average Bonchev–Trinajstić information content (AvgIpc) is 3.86. The normalized spacial score (nSPS) is 22.5. The van der Waals surface area contributed by atoms with Crippen molar-refractivity contribution in [3.05, 3.63) is 71.5 Å². The third-order valence-electron chi connectivity index (χ3n) is 13.5. The minimum atomic E-state index is -1.21. The summed E-state index contributed by atoms with van der Waals surface area (Å²) < 4.78 is 14.5. The summed E-state index contributed by atoms with van der Waals surface area (Å²) in [5.74, 6) is -1.74. The molecule has 6 bridgehead atoms. The van der Waals surface area contributed by atoms with Crippen LogP contribution in [0.2, 0.25) is 0 Å². The standard InChI is InChI=1S/C51H69N7O8/c1-9-57-44-12-11-35-23-40(44)41(46(57)42-25-52-16-13-37(42)28-65-8)24-50(5,6)30-66-31-51(29-59)15-10-17-58(54-51)49(64)43(21-34-19-38(35)22-39(61)20-34)53-47(62)45(32(2)3)55(7)48(63)36-14-18-56(27-36)26-33(4)60/h11-13,16,19-20,22-23,25,29,32-33,36,43,45,54,60-61H,9-10,14-15,17-18,21,24,26-28,30-31H2,1-8H3,(H,53,62)/t33-,36-,43-,45-,51-/m0/s1. The molecule has 2 aromatic heterocycles. The third kappa shape index (κ3) is 10.5. The molecule has 7 rings (SSSR count). The molecule has 5 heterocycles. The van der Waals surface area contributed by atoms with E-state index in [2.05, 4.69) is 58.1 Å². The summed E-state index contributed by atoms with van der Waals surface area (Å²) in [4.78, 5) is 64.6. The molecule has 4 N–H and O–H groups in total. The van der Waals surface area contributed by atoms with E-state index in [0.29, 0.717) is 70.6 Å². The molecule has 0 spiro atoms. The number of aryl methyl sites for hydroxylation is 1. The summed E-state index contributed by atoms with van der Waals surface area (Å²) in [6, 6.07) is 11.5. The Bertz CT molecular complexity index is 2410. The van der Waals surface area contributed by atoms with E-state index in [9.17, 15) is 29.4 Å². The van der Waals surface area contributed by atoms with Crippen molar-refractivity contribution in [2.24, 2.45) is 17.3 Å². The van der Waals surface area contributed by atoms with Gasteiger partial charge in [0.1, 0.15) is 29.7 Å². The molecule has 3 amide bonds. The molecule has 66 heavy (non-hydrogen) atoms. The van der Waals surface area contributed by atoms with Crippen LogP contribution in [0.5, 0.6) is 5.75 Å². The number of rotatable bonds is 12. The van der Waals surface area contributed by atoms with Crippen molar-refractivity contribution < 1.29 is 38.9 Å². The zero-order chi connectivity index (χ0) is 47.5. The summed E-state index contributed by atoms with van der Waals surface area (Å²) in [5, 5.41) is 26.8. The number of phenolic OH excluding ortho intramolecular Hbond substituents is 1. The zero-order valence-corrected chi connectivity index (χ0v) is 39.9. The van der Waals surface area contributed by atoms with Crippen molar-refractivity contribution >= 4 is 34.9 Å². The number of fused-ring (bicyclic) bond motifs is 6. The number of hydrogen-bond donors (Lipinski definition) is 4. The molecule has 3 aliphatic rings. The largest absolute Gasteiger partial charge is 0.508 e. The minimum Gasteiger partial charge on any atom is -0.508 e. The molecule has 15 nitrogen and oxygen atoms in total. The van der Waals surface area contributed by atoms with Gasteiger partial charge in [-0.05, 0) is 116 Å². The summed E-state index contributed by atoms with van der Waals surface area (Å²) in [7, 11) is 3.32. The van der Waals surface area contributed by atoms with E-state index in [4.69, 9.17) is 9.47 Å². The number of likely N-dealkylation sites (N-methyl/N-ethyl adjacent to an activating group) is 1. The fourth-order valence-electron chi connectivity index (χ4n) is 10.5. The van der Waals surface area contributed by atoms with E-state index < -0.39 is 41.0 Å². The van der Waals surface area contributed by atoms with E-state index >= 15 is 0 Å². The van der Waals surface area contributed by atoms with Gasteiger partial charge in [0, 0.05) is 75.6 Å². The Morgan fingerprint density at radius 1 is 1.11 bits per heavy atom. The number of β-amino-alcohol motifs (C(OH)–C–C–N with tert-alkyl or cyclic N) is 1. The van der Waals surface area contributed by atoms with Crippen LogP contribution >= 0.6 is 0 Å². The van der Waals surface area contributed by atoms with Crippen LogP contribution in [0.4, 0.5) is 0 Å². The second-order valence-corrected chi connectivity index (χ2v) is 20.0. The van der Waals surface area contributed by atoms with Crippen molar-refractivity contribution in [3.8, 4) is 28.1 Å². The molecule has 2 aromatic carbocycles. The highest BCUT2D eigenvalue weighted by molar-refractivity contribution is 5.96. The first-order valence-corrected chi connectivity index (χ1v) is 23.5. The van der Waals surface area contributed by atoms with E-state index in [1.165, 1.54) is 9.91 Å². The van der Waals surface area contributed by atoms with Gasteiger partial charge in [-0.3, -0.25) is 29.3 Å². The smallest absolute Gasteiger partial charge is 0.259 e. The maximum absolute atomic E-state index is 14.9. The van der Waals surface area contributed by atoms with Crippen LogP contribution in [0.25, 0.3) is 33.3 Å². The fraction of sp³-hybridized carbons (Fsp3) is 0.549. The number of benzene rings is 2. The summed E-state index contributed by atoms with van der Waals surface area (Å²) in [5.41, 5.74) is 8.98. The Morgan fingerprint density at radius 2 is 1.89 bits per heavy atom. The Balaban J connectivity index is 1.31. The first-order chi connectivity index (χ1) is 31.5. The number of nitrogens with one attached hydrogen (secondary N) is 2. The maximum Gasteiger partial charge on any atom is 0.259 e. The Labute approximate surface area is 388 Å². The maximum atomic E-state index is 14.9. The van der Waals surface area contributed by atoms with E-state index in [0.717, 1.165) is 50.7 Å². The molecule has 5 atom stereocenters. The van der Waals surface area contributed by atoms with Gasteiger partial charge in [0.2, 0.25) is 11.8 Å². The van der Waals surface area contributed by atoms with Crippen LogP contribution in [-0.2, 0) is 54.6 Å². The lowest BCUT2D eigenvalue weighted by Crippen LogP contribution is -2.66. The highest BCUT2D eigenvalue weighted by Crippen LogP contribution is 2.41. The number of hydrazine groups is 1. The molecular weight excluding hydrogens is 839 g/mol. The quantitative estimate of drug-likeness (QED) is 0.139. The number of amides is 3. The first kappa shape index (κ1) is 48.7. The Morgan fingerprint density at radius 3 is 2.61 bits per heavy atom. The number of likely N-dealkylation sites (tertiary alicyclic amines) is 1. The number of nitrogens with zero attached hydrogens (tertiary/aromatic N) is 5. The van der Waals surface area contributed by atoms with Crippen LogP contribution in [-0.4, -0.2) is 136 Å². The lowest BCUT2D eigenvalue weighted by Gasteiger charge is -2.42. The SMILES string of the molecule is CCn1c(-c2cnccc2COC)c2c3cc(ccc31)-c1cc(O)cc(c1)C[C@H](NC(=O)[C@H](C(C)C)N(C)C(=O)[C@H]1CCN(C[C@H](C)O)C1)C(=O)N1CCC[C@](C=O)(COCC(C)(C)C2)N1. The molecule has 0 saturated carbocycles. The molecule has 0 radical (unpaired) electrons. The van der Waals surface area contributed by atoms with Gasteiger partial charge >= 0.3 is 0 Å².